The molecule has 0 aliphatic carbocycles. The summed E-state index contributed by atoms with van der Waals surface area (Å²) >= 11 is 0. The molecule has 0 fully saturated rings. The standard InChI is InChI=1S/C10H16O3/c1-3-5-6-9(11)7-8-10(12)13-4-2/h7-8H,3-6H2,1-2H3/b8-7+. The van der Waals surface area contributed by atoms with Crippen molar-refractivity contribution < 1.29 is 14.3 Å². The van der Waals surface area contributed by atoms with Crippen LogP contribution < -0.4 is 0 Å². The van der Waals surface area contributed by atoms with Crippen molar-refractivity contribution in [2.45, 2.75) is 33.1 Å². The minimum atomic E-state index is -0.452. The van der Waals surface area contributed by atoms with Crippen molar-refractivity contribution in [2.24, 2.45) is 0 Å². The molecule has 0 aromatic rings. The van der Waals surface area contributed by atoms with Gasteiger partial charge in [-0.2, -0.15) is 0 Å². The molecule has 0 radical (unpaired) electrons. The Balaban J connectivity index is 3.69. The number of carbonyl (C=O) groups excluding carboxylic acids is 2. The average molecular weight is 184 g/mol. The van der Waals surface area contributed by atoms with Crippen molar-refractivity contribution in [1.82, 2.24) is 0 Å². The van der Waals surface area contributed by atoms with Crippen LogP contribution in [-0.2, 0) is 14.3 Å². The molecule has 0 aromatic heterocycles. The van der Waals surface area contributed by atoms with E-state index < -0.39 is 5.97 Å². The zero-order chi connectivity index (χ0) is 10.1. The predicted octanol–water partition coefficient (Wildman–Crippen LogP) is 1.86. The molecule has 0 unspecified atom stereocenters. The lowest BCUT2D eigenvalue weighted by Gasteiger charge is -1.94. The summed E-state index contributed by atoms with van der Waals surface area (Å²) < 4.78 is 4.62. The molecule has 3 heteroatoms. The minimum Gasteiger partial charge on any atom is -0.463 e. The number of ether oxygens (including phenoxy) is 1. The first-order valence-electron chi connectivity index (χ1n) is 4.58. The van der Waals surface area contributed by atoms with Crippen molar-refractivity contribution >= 4 is 11.8 Å². The lowest BCUT2D eigenvalue weighted by Crippen LogP contribution is -2.01. The van der Waals surface area contributed by atoms with Gasteiger partial charge in [0.2, 0.25) is 0 Å². The van der Waals surface area contributed by atoms with Gasteiger partial charge in [0, 0.05) is 12.5 Å². The van der Waals surface area contributed by atoms with Crippen LogP contribution in [0.15, 0.2) is 12.2 Å². The van der Waals surface area contributed by atoms with Gasteiger partial charge in [-0.15, -0.1) is 0 Å². The molecule has 0 heterocycles. The molecule has 0 saturated heterocycles. The van der Waals surface area contributed by atoms with Gasteiger partial charge in [-0.25, -0.2) is 4.79 Å². The van der Waals surface area contributed by atoms with Crippen molar-refractivity contribution in [1.29, 1.82) is 0 Å². The fourth-order valence-electron chi connectivity index (χ4n) is 0.786. The molecular weight excluding hydrogens is 168 g/mol. The maximum Gasteiger partial charge on any atom is 0.330 e. The van der Waals surface area contributed by atoms with E-state index >= 15 is 0 Å². The molecule has 0 saturated carbocycles. The van der Waals surface area contributed by atoms with Crippen molar-refractivity contribution in [2.75, 3.05) is 6.61 Å². The summed E-state index contributed by atoms with van der Waals surface area (Å²) in [5.74, 6) is -0.470. The number of carbonyl (C=O) groups is 2. The first-order chi connectivity index (χ1) is 6.20. The van der Waals surface area contributed by atoms with Gasteiger partial charge in [-0.1, -0.05) is 13.3 Å². The van der Waals surface area contributed by atoms with Crippen LogP contribution >= 0.6 is 0 Å². The molecule has 0 aliphatic heterocycles. The Morgan fingerprint density at radius 2 is 1.92 bits per heavy atom. The summed E-state index contributed by atoms with van der Waals surface area (Å²) in [5, 5.41) is 0. The van der Waals surface area contributed by atoms with E-state index in [1.54, 1.807) is 6.92 Å². The van der Waals surface area contributed by atoms with Crippen LogP contribution in [0.4, 0.5) is 0 Å². The van der Waals surface area contributed by atoms with E-state index in [1.165, 1.54) is 12.2 Å². The zero-order valence-corrected chi connectivity index (χ0v) is 8.21. The molecule has 74 valence electrons. The van der Waals surface area contributed by atoms with Crippen LogP contribution in [-0.4, -0.2) is 18.4 Å². The molecule has 0 atom stereocenters. The molecule has 3 nitrogen and oxygen atoms in total. The third-order valence-electron chi connectivity index (χ3n) is 1.47. The third-order valence-corrected chi connectivity index (χ3v) is 1.47. The predicted molar refractivity (Wildman–Crippen MR) is 50.3 cm³/mol. The summed E-state index contributed by atoms with van der Waals surface area (Å²) in [7, 11) is 0. The monoisotopic (exact) mass is 184 g/mol. The summed E-state index contributed by atoms with van der Waals surface area (Å²) in [5.41, 5.74) is 0. The summed E-state index contributed by atoms with van der Waals surface area (Å²) in [6.45, 7) is 4.08. The van der Waals surface area contributed by atoms with E-state index in [0.717, 1.165) is 12.8 Å². The van der Waals surface area contributed by atoms with Gasteiger partial charge in [-0.3, -0.25) is 4.79 Å². The molecule has 0 spiro atoms. The molecular formula is C10H16O3. The van der Waals surface area contributed by atoms with E-state index in [0.29, 0.717) is 13.0 Å². The van der Waals surface area contributed by atoms with Crippen LogP contribution in [0.1, 0.15) is 33.1 Å². The number of esters is 1. The molecule has 0 amide bonds. The number of unbranched alkanes of at least 4 members (excludes halogenated alkanes) is 1. The molecule has 0 N–H and O–H groups in total. The van der Waals surface area contributed by atoms with Gasteiger partial charge in [0.25, 0.3) is 0 Å². The van der Waals surface area contributed by atoms with Crippen LogP contribution in [0.2, 0.25) is 0 Å². The Morgan fingerprint density at radius 1 is 1.23 bits per heavy atom. The van der Waals surface area contributed by atoms with Gasteiger partial charge in [0.05, 0.1) is 6.61 Å². The minimum absolute atomic E-state index is 0.0186. The van der Waals surface area contributed by atoms with Crippen molar-refractivity contribution in [3.05, 3.63) is 12.2 Å². The van der Waals surface area contributed by atoms with Crippen molar-refractivity contribution in [3.8, 4) is 0 Å². The Bertz CT molecular complexity index is 194. The Morgan fingerprint density at radius 3 is 2.46 bits per heavy atom. The van der Waals surface area contributed by atoms with Crippen molar-refractivity contribution in [3.63, 3.8) is 0 Å². The first kappa shape index (κ1) is 11.9. The molecule has 0 bridgehead atoms. The largest absolute Gasteiger partial charge is 0.463 e. The highest BCUT2D eigenvalue weighted by molar-refractivity contribution is 5.95. The van der Waals surface area contributed by atoms with Gasteiger partial charge in [0.1, 0.15) is 0 Å². The summed E-state index contributed by atoms with van der Waals surface area (Å²) in [6, 6.07) is 0. The normalized spacial score (nSPS) is 10.3. The summed E-state index contributed by atoms with van der Waals surface area (Å²) in [4.78, 5) is 21.8. The number of ketones is 1. The van der Waals surface area contributed by atoms with E-state index in [1.807, 2.05) is 6.92 Å². The zero-order valence-electron chi connectivity index (χ0n) is 8.21. The van der Waals surface area contributed by atoms with Gasteiger partial charge in [0.15, 0.2) is 5.78 Å². The van der Waals surface area contributed by atoms with Crippen LogP contribution in [0.25, 0.3) is 0 Å². The fraction of sp³-hybridized carbons (Fsp3) is 0.600. The number of rotatable bonds is 6. The molecule has 0 aromatic carbocycles. The topological polar surface area (TPSA) is 43.4 Å². The van der Waals surface area contributed by atoms with E-state index in [-0.39, 0.29) is 5.78 Å². The SMILES string of the molecule is CCCCC(=O)/C=C/C(=O)OCC. The van der Waals surface area contributed by atoms with Crippen LogP contribution in [0.3, 0.4) is 0 Å². The molecule has 0 rings (SSSR count). The summed E-state index contributed by atoms with van der Waals surface area (Å²) in [6.07, 6.45) is 4.83. The Labute approximate surface area is 78.8 Å². The van der Waals surface area contributed by atoms with Crippen LogP contribution in [0, 0.1) is 0 Å². The van der Waals surface area contributed by atoms with E-state index in [9.17, 15) is 9.59 Å². The number of hydrogen-bond donors (Lipinski definition) is 0. The van der Waals surface area contributed by atoms with Gasteiger partial charge >= 0.3 is 5.97 Å². The first-order valence-corrected chi connectivity index (χ1v) is 4.58. The van der Waals surface area contributed by atoms with E-state index in [2.05, 4.69) is 4.74 Å². The molecule has 13 heavy (non-hydrogen) atoms. The Hall–Kier alpha value is -1.12. The maximum absolute atomic E-state index is 11.0. The van der Waals surface area contributed by atoms with E-state index in [4.69, 9.17) is 0 Å². The van der Waals surface area contributed by atoms with Crippen LogP contribution in [0.5, 0.6) is 0 Å². The van der Waals surface area contributed by atoms with Gasteiger partial charge < -0.3 is 4.74 Å². The molecule has 0 aliphatic rings. The highest BCUT2D eigenvalue weighted by atomic mass is 16.5. The second-order valence-corrected chi connectivity index (χ2v) is 2.66. The quantitative estimate of drug-likeness (QED) is 0.467. The maximum atomic E-state index is 11.0. The Kier molecular flexibility index (Phi) is 6.88. The number of allylic oxidation sites excluding steroid dienone is 1. The highest BCUT2D eigenvalue weighted by Crippen LogP contribution is 1.96. The lowest BCUT2D eigenvalue weighted by molar-refractivity contribution is -0.137. The number of hydrogen-bond acceptors (Lipinski definition) is 3. The highest BCUT2D eigenvalue weighted by Gasteiger charge is 1.98. The fourth-order valence-corrected chi connectivity index (χ4v) is 0.786. The lowest BCUT2D eigenvalue weighted by atomic mass is 10.2. The average Bonchev–Trinajstić information content (AvgIpc) is 2.12. The second kappa shape index (κ2) is 7.53. The second-order valence-electron chi connectivity index (χ2n) is 2.66. The third kappa shape index (κ3) is 7.25. The smallest absolute Gasteiger partial charge is 0.330 e. The van der Waals surface area contributed by atoms with Gasteiger partial charge in [-0.05, 0) is 19.4 Å².